The monoisotopic (exact) mass is 222 g/mol. The van der Waals surface area contributed by atoms with Crippen molar-refractivity contribution >= 4 is 21.9 Å². The molecule has 1 aliphatic rings. The molecule has 0 aliphatic carbocycles. The van der Waals surface area contributed by atoms with Crippen molar-refractivity contribution in [1.82, 2.24) is 0 Å². The molecule has 0 bridgehead atoms. The van der Waals surface area contributed by atoms with Crippen LogP contribution in [0.3, 0.4) is 0 Å². The summed E-state index contributed by atoms with van der Waals surface area (Å²) in [5, 5.41) is 8.73. The highest BCUT2D eigenvalue weighted by Gasteiger charge is 2.32. The molecule has 1 aliphatic heterocycles. The van der Waals surface area contributed by atoms with Gasteiger partial charge in [-0.05, 0) is 6.42 Å². The van der Waals surface area contributed by atoms with Crippen LogP contribution in [0.15, 0.2) is 0 Å². The number of halogens is 1. The predicted molar refractivity (Wildman–Crippen MR) is 43.9 cm³/mol. The number of rotatable bonds is 4. The highest BCUT2D eigenvalue weighted by atomic mass is 79.9. The topological polar surface area (TPSA) is 49.8 Å². The van der Waals surface area contributed by atoms with Gasteiger partial charge in [-0.2, -0.15) is 0 Å². The molecule has 1 fully saturated rings. The molecular weight excluding hydrogens is 212 g/mol. The van der Waals surface area contributed by atoms with Crippen molar-refractivity contribution in [2.24, 2.45) is 5.92 Å². The molecule has 0 aromatic carbocycles. The van der Waals surface area contributed by atoms with Gasteiger partial charge in [-0.15, -0.1) is 0 Å². The van der Waals surface area contributed by atoms with E-state index < -0.39 is 5.97 Å². The zero-order valence-corrected chi connectivity index (χ0v) is 7.87. The summed E-state index contributed by atoms with van der Waals surface area (Å²) in [6, 6.07) is 0. The van der Waals surface area contributed by atoms with Gasteiger partial charge in [0.05, 0.1) is 18.6 Å². The average molecular weight is 223 g/mol. The molecule has 4 heteroatoms. The van der Waals surface area contributed by atoms with Crippen LogP contribution in [0.2, 0.25) is 0 Å². The van der Waals surface area contributed by atoms with Gasteiger partial charge in [0.15, 0.2) is 0 Å². The molecular formula is C7H11BrO3. The third-order valence-electron chi connectivity index (χ3n) is 1.79. The first-order valence-corrected chi connectivity index (χ1v) is 4.51. The zero-order chi connectivity index (χ0) is 8.43. The Kier molecular flexibility index (Phi) is 2.90. The van der Waals surface area contributed by atoms with E-state index in [0.717, 1.165) is 6.61 Å². The van der Waals surface area contributed by atoms with Crippen molar-refractivity contribution < 1.29 is 14.6 Å². The molecule has 0 amide bonds. The molecule has 64 valence electrons. The first-order valence-electron chi connectivity index (χ1n) is 3.59. The second-order valence-electron chi connectivity index (χ2n) is 2.81. The summed E-state index contributed by atoms with van der Waals surface area (Å²) in [7, 11) is 0. The highest BCUT2D eigenvalue weighted by Crippen LogP contribution is 2.25. The van der Waals surface area contributed by atoms with E-state index in [1.54, 1.807) is 0 Å². The second kappa shape index (κ2) is 3.54. The minimum absolute atomic E-state index is 0.0178. The summed E-state index contributed by atoms with van der Waals surface area (Å²) < 4.78 is 4.96. The summed E-state index contributed by atoms with van der Waals surface area (Å²) in [4.78, 5) is 10.6. The van der Waals surface area contributed by atoms with Crippen molar-refractivity contribution in [3.05, 3.63) is 0 Å². The first-order chi connectivity index (χ1) is 5.11. The summed E-state index contributed by atoms with van der Waals surface area (Å²) in [5.41, 5.74) is 0. The van der Waals surface area contributed by atoms with E-state index >= 15 is 0 Å². The first kappa shape index (κ1) is 9.00. The molecule has 3 atom stereocenters. The van der Waals surface area contributed by atoms with Crippen molar-refractivity contribution in [1.29, 1.82) is 0 Å². The fourth-order valence-electron chi connectivity index (χ4n) is 0.972. The van der Waals surface area contributed by atoms with Crippen LogP contribution >= 0.6 is 15.9 Å². The Morgan fingerprint density at radius 1 is 1.91 bits per heavy atom. The molecule has 3 unspecified atom stereocenters. The Labute approximate surface area is 73.9 Å². The van der Waals surface area contributed by atoms with Crippen LogP contribution in [0.4, 0.5) is 0 Å². The lowest BCUT2D eigenvalue weighted by Gasteiger charge is -2.12. The minimum Gasteiger partial charge on any atom is -0.481 e. The second-order valence-corrected chi connectivity index (χ2v) is 4.26. The summed E-state index contributed by atoms with van der Waals surface area (Å²) in [6.07, 6.45) is 0.818. The van der Waals surface area contributed by atoms with Gasteiger partial charge in [-0.1, -0.05) is 22.9 Å². The van der Waals surface area contributed by atoms with Crippen LogP contribution in [0.5, 0.6) is 0 Å². The third kappa shape index (κ3) is 2.79. The lowest BCUT2D eigenvalue weighted by atomic mass is 10.0. The van der Waals surface area contributed by atoms with Gasteiger partial charge in [0.2, 0.25) is 0 Å². The van der Waals surface area contributed by atoms with Gasteiger partial charge in [-0.3, -0.25) is 4.79 Å². The smallest absolute Gasteiger partial charge is 0.307 e. The fraction of sp³-hybridized carbons (Fsp3) is 0.857. The Bertz CT molecular complexity index is 154. The Balaban J connectivity index is 2.37. The quantitative estimate of drug-likeness (QED) is 0.576. The van der Waals surface area contributed by atoms with Crippen LogP contribution in [0.25, 0.3) is 0 Å². The van der Waals surface area contributed by atoms with Crippen molar-refractivity contribution in [2.45, 2.75) is 24.3 Å². The van der Waals surface area contributed by atoms with Gasteiger partial charge in [0.25, 0.3) is 0 Å². The summed E-state index contributed by atoms with van der Waals surface area (Å²) in [6.45, 7) is 2.57. The Morgan fingerprint density at radius 3 is 2.73 bits per heavy atom. The predicted octanol–water partition coefficient (Wildman–Crippen LogP) is 1.26. The highest BCUT2D eigenvalue weighted by molar-refractivity contribution is 9.09. The SMILES string of the molecule is CC(Br)C(CC1CO1)C(=O)O. The molecule has 0 aromatic rings. The normalized spacial score (nSPS) is 27.6. The standard InChI is InChI=1S/C7H11BrO3/c1-4(8)6(7(9)10)2-5-3-11-5/h4-6H,2-3H2,1H3,(H,9,10). The largest absolute Gasteiger partial charge is 0.481 e. The lowest BCUT2D eigenvalue weighted by Crippen LogP contribution is -2.23. The number of carboxylic acid groups (broad SMARTS) is 1. The van der Waals surface area contributed by atoms with Crippen LogP contribution in [0.1, 0.15) is 13.3 Å². The van der Waals surface area contributed by atoms with Crippen molar-refractivity contribution in [3.8, 4) is 0 Å². The number of carbonyl (C=O) groups is 1. The van der Waals surface area contributed by atoms with Crippen molar-refractivity contribution in [3.63, 3.8) is 0 Å². The van der Waals surface area contributed by atoms with Crippen molar-refractivity contribution in [2.75, 3.05) is 6.61 Å². The van der Waals surface area contributed by atoms with Crippen LogP contribution in [0, 0.1) is 5.92 Å². The maximum absolute atomic E-state index is 10.6. The zero-order valence-electron chi connectivity index (χ0n) is 6.29. The van der Waals surface area contributed by atoms with Gasteiger partial charge in [0.1, 0.15) is 0 Å². The molecule has 1 heterocycles. The molecule has 1 saturated heterocycles. The molecule has 1 N–H and O–H groups in total. The van der Waals surface area contributed by atoms with Crippen LogP contribution in [-0.2, 0) is 9.53 Å². The Hall–Kier alpha value is -0.0900. The number of carboxylic acids is 1. The van der Waals surface area contributed by atoms with Gasteiger partial charge in [-0.25, -0.2) is 0 Å². The number of hydrogen-bond acceptors (Lipinski definition) is 2. The molecule has 0 spiro atoms. The number of alkyl halides is 1. The van der Waals surface area contributed by atoms with E-state index in [4.69, 9.17) is 9.84 Å². The van der Waals surface area contributed by atoms with Gasteiger partial charge >= 0.3 is 5.97 Å². The maximum atomic E-state index is 10.6. The number of aliphatic carboxylic acids is 1. The van der Waals surface area contributed by atoms with Crippen LogP contribution < -0.4 is 0 Å². The van der Waals surface area contributed by atoms with Crippen LogP contribution in [-0.4, -0.2) is 28.6 Å². The molecule has 1 rings (SSSR count). The number of epoxide rings is 1. The van der Waals surface area contributed by atoms with E-state index in [0.29, 0.717) is 6.42 Å². The third-order valence-corrected chi connectivity index (χ3v) is 2.43. The summed E-state index contributed by atoms with van der Waals surface area (Å²) >= 11 is 3.26. The molecule has 3 nitrogen and oxygen atoms in total. The van der Waals surface area contributed by atoms with E-state index in [1.807, 2.05) is 6.92 Å². The maximum Gasteiger partial charge on any atom is 0.307 e. The average Bonchev–Trinajstić information content (AvgIpc) is 2.63. The molecule has 0 saturated carbocycles. The molecule has 0 radical (unpaired) electrons. The fourth-order valence-corrected chi connectivity index (χ4v) is 1.41. The van der Waals surface area contributed by atoms with E-state index in [-0.39, 0.29) is 16.8 Å². The molecule has 0 aromatic heterocycles. The minimum atomic E-state index is -0.745. The van der Waals surface area contributed by atoms with Gasteiger partial charge in [0, 0.05) is 4.83 Å². The van der Waals surface area contributed by atoms with E-state index in [9.17, 15) is 4.79 Å². The Morgan fingerprint density at radius 2 is 2.45 bits per heavy atom. The summed E-state index contributed by atoms with van der Waals surface area (Å²) in [5.74, 6) is -1.06. The van der Waals surface area contributed by atoms with E-state index in [2.05, 4.69) is 15.9 Å². The number of hydrogen-bond donors (Lipinski definition) is 1. The number of ether oxygens (including phenoxy) is 1. The van der Waals surface area contributed by atoms with Gasteiger partial charge < -0.3 is 9.84 Å². The lowest BCUT2D eigenvalue weighted by molar-refractivity contribution is -0.141. The van der Waals surface area contributed by atoms with E-state index in [1.165, 1.54) is 0 Å². The molecule has 11 heavy (non-hydrogen) atoms.